The van der Waals surface area contributed by atoms with Crippen molar-refractivity contribution in [3.05, 3.63) is 18.2 Å². The summed E-state index contributed by atoms with van der Waals surface area (Å²) >= 11 is 0. The first kappa shape index (κ1) is 11.9. The SMILES string of the molecule is Cn1ccnc1CNC1CCN(C(N)=O)CC1. The molecule has 0 radical (unpaired) electrons. The van der Waals surface area contributed by atoms with E-state index in [1.54, 1.807) is 11.1 Å². The molecule has 6 nitrogen and oxygen atoms in total. The Balaban J connectivity index is 1.75. The molecule has 1 aromatic rings. The standard InChI is InChI=1S/C11H19N5O/c1-15-7-4-13-10(15)8-14-9-2-5-16(6-3-9)11(12)17/h4,7,9,14H,2-3,5-6,8H2,1H3,(H2,12,17). The highest BCUT2D eigenvalue weighted by Gasteiger charge is 2.20. The number of hydrogen-bond donors (Lipinski definition) is 2. The Hall–Kier alpha value is -1.56. The third kappa shape index (κ3) is 2.97. The van der Waals surface area contributed by atoms with Gasteiger partial charge in [0.1, 0.15) is 5.82 Å². The predicted octanol–water partition coefficient (Wildman–Crippen LogP) is 0.0528. The van der Waals surface area contributed by atoms with Crippen LogP contribution in [0.2, 0.25) is 0 Å². The summed E-state index contributed by atoms with van der Waals surface area (Å²) in [7, 11) is 1.99. The lowest BCUT2D eigenvalue weighted by molar-refractivity contribution is 0.184. The van der Waals surface area contributed by atoms with Gasteiger partial charge in [0.2, 0.25) is 0 Å². The van der Waals surface area contributed by atoms with E-state index >= 15 is 0 Å². The quantitative estimate of drug-likeness (QED) is 0.780. The second kappa shape index (κ2) is 5.18. The van der Waals surface area contributed by atoms with Crippen molar-refractivity contribution in [3.63, 3.8) is 0 Å². The fraction of sp³-hybridized carbons (Fsp3) is 0.636. The molecule has 1 aliphatic rings. The molecular weight excluding hydrogens is 218 g/mol. The first-order valence-electron chi connectivity index (χ1n) is 5.91. The lowest BCUT2D eigenvalue weighted by atomic mass is 10.1. The predicted molar refractivity (Wildman–Crippen MR) is 64.2 cm³/mol. The van der Waals surface area contributed by atoms with Crippen molar-refractivity contribution >= 4 is 6.03 Å². The third-order valence-corrected chi connectivity index (χ3v) is 3.28. The number of likely N-dealkylation sites (tertiary alicyclic amines) is 1. The summed E-state index contributed by atoms with van der Waals surface area (Å²) in [6.45, 7) is 2.26. The summed E-state index contributed by atoms with van der Waals surface area (Å²) in [5.41, 5.74) is 5.24. The molecule has 1 saturated heterocycles. The molecule has 0 unspecified atom stereocenters. The van der Waals surface area contributed by atoms with E-state index in [1.807, 2.05) is 17.8 Å². The second-order valence-electron chi connectivity index (χ2n) is 4.43. The van der Waals surface area contributed by atoms with Gasteiger partial charge in [0.25, 0.3) is 0 Å². The molecule has 2 rings (SSSR count). The summed E-state index contributed by atoms with van der Waals surface area (Å²) in [5, 5.41) is 3.46. The molecule has 0 spiro atoms. The second-order valence-corrected chi connectivity index (χ2v) is 4.43. The number of nitrogens with zero attached hydrogens (tertiary/aromatic N) is 3. The number of nitrogens with one attached hydrogen (secondary N) is 1. The van der Waals surface area contributed by atoms with Crippen molar-refractivity contribution in [2.45, 2.75) is 25.4 Å². The number of rotatable bonds is 3. The Labute approximate surface area is 101 Å². The van der Waals surface area contributed by atoms with Gasteiger partial charge >= 0.3 is 6.03 Å². The highest BCUT2D eigenvalue weighted by atomic mass is 16.2. The molecule has 1 fully saturated rings. The molecule has 1 aliphatic heterocycles. The van der Waals surface area contributed by atoms with Crippen molar-refractivity contribution in [2.24, 2.45) is 12.8 Å². The van der Waals surface area contributed by atoms with Gasteiger partial charge in [0.15, 0.2) is 0 Å². The van der Waals surface area contributed by atoms with E-state index in [9.17, 15) is 4.79 Å². The molecule has 17 heavy (non-hydrogen) atoms. The first-order chi connectivity index (χ1) is 8.16. The fourth-order valence-electron chi connectivity index (χ4n) is 2.11. The minimum atomic E-state index is -0.312. The summed E-state index contributed by atoms with van der Waals surface area (Å²) in [4.78, 5) is 16.9. The van der Waals surface area contributed by atoms with Crippen LogP contribution in [0.15, 0.2) is 12.4 Å². The Morgan fingerprint density at radius 3 is 2.82 bits per heavy atom. The van der Waals surface area contributed by atoms with E-state index in [4.69, 9.17) is 5.73 Å². The maximum Gasteiger partial charge on any atom is 0.314 e. The minimum Gasteiger partial charge on any atom is -0.351 e. The monoisotopic (exact) mass is 237 g/mol. The summed E-state index contributed by atoms with van der Waals surface area (Å²) in [5.74, 6) is 1.03. The highest BCUT2D eigenvalue weighted by Crippen LogP contribution is 2.10. The summed E-state index contributed by atoms with van der Waals surface area (Å²) in [6, 6.07) is 0.134. The van der Waals surface area contributed by atoms with E-state index in [0.29, 0.717) is 6.04 Å². The number of urea groups is 1. The molecule has 3 N–H and O–H groups in total. The van der Waals surface area contributed by atoms with Crippen molar-refractivity contribution < 1.29 is 4.79 Å². The van der Waals surface area contributed by atoms with Gasteiger partial charge in [-0.1, -0.05) is 0 Å². The van der Waals surface area contributed by atoms with Crippen molar-refractivity contribution in [1.82, 2.24) is 19.8 Å². The average Bonchev–Trinajstić information content (AvgIpc) is 2.73. The molecule has 1 aromatic heterocycles. The van der Waals surface area contributed by atoms with Gasteiger partial charge in [-0.2, -0.15) is 0 Å². The van der Waals surface area contributed by atoms with E-state index in [0.717, 1.165) is 38.3 Å². The zero-order chi connectivity index (χ0) is 12.3. The zero-order valence-corrected chi connectivity index (χ0v) is 10.1. The number of carbonyl (C=O) groups excluding carboxylic acids is 1. The van der Waals surface area contributed by atoms with Gasteiger partial charge < -0.3 is 20.5 Å². The van der Waals surface area contributed by atoms with Crippen LogP contribution < -0.4 is 11.1 Å². The van der Waals surface area contributed by atoms with Crippen LogP contribution in [0.25, 0.3) is 0 Å². The van der Waals surface area contributed by atoms with E-state index in [1.165, 1.54) is 0 Å². The number of carbonyl (C=O) groups is 1. The van der Waals surface area contributed by atoms with Gasteiger partial charge in [-0.05, 0) is 12.8 Å². The van der Waals surface area contributed by atoms with Crippen LogP contribution in [0, 0.1) is 0 Å². The van der Waals surface area contributed by atoms with Crippen molar-refractivity contribution in [2.75, 3.05) is 13.1 Å². The number of primary amides is 1. The molecule has 0 bridgehead atoms. The number of aryl methyl sites for hydroxylation is 1. The maximum absolute atomic E-state index is 11.0. The number of amides is 2. The Kier molecular flexibility index (Phi) is 3.63. The molecule has 0 aliphatic carbocycles. The lowest BCUT2D eigenvalue weighted by Gasteiger charge is -2.31. The van der Waals surface area contributed by atoms with E-state index in [-0.39, 0.29) is 6.03 Å². The molecule has 0 saturated carbocycles. The van der Waals surface area contributed by atoms with Gasteiger partial charge in [-0.3, -0.25) is 0 Å². The zero-order valence-electron chi connectivity index (χ0n) is 10.1. The molecule has 2 amide bonds. The van der Waals surface area contributed by atoms with Crippen LogP contribution in [0.5, 0.6) is 0 Å². The highest BCUT2D eigenvalue weighted by molar-refractivity contribution is 5.72. The van der Waals surface area contributed by atoms with Crippen LogP contribution in [0.1, 0.15) is 18.7 Å². The maximum atomic E-state index is 11.0. The van der Waals surface area contributed by atoms with Gasteiger partial charge in [-0.15, -0.1) is 0 Å². The average molecular weight is 237 g/mol. The lowest BCUT2D eigenvalue weighted by Crippen LogP contribution is -2.46. The Morgan fingerprint density at radius 1 is 1.59 bits per heavy atom. The third-order valence-electron chi connectivity index (χ3n) is 3.28. The molecular formula is C11H19N5O. The fourth-order valence-corrected chi connectivity index (χ4v) is 2.11. The molecule has 0 aromatic carbocycles. The first-order valence-corrected chi connectivity index (χ1v) is 5.91. The topological polar surface area (TPSA) is 76.2 Å². The Bertz CT molecular complexity index is 381. The van der Waals surface area contributed by atoms with E-state index < -0.39 is 0 Å². The van der Waals surface area contributed by atoms with Gasteiger partial charge in [-0.25, -0.2) is 9.78 Å². The van der Waals surface area contributed by atoms with Crippen LogP contribution in [-0.2, 0) is 13.6 Å². The summed E-state index contributed by atoms with van der Waals surface area (Å²) < 4.78 is 2.01. The van der Waals surface area contributed by atoms with Crippen LogP contribution >= 0.6 is 0 Å². The Morgan fingerprint density at radius 2 is 2.29 bits per heavy atom. The number of piperidine rings is 1. The van der Waals surface area contributed by atoms with Crippen LogP contribution in [0.3, 0.4) is 0 Å². The number of imidazole rings is 1. The van der Waals surface area contributed by atoms with Crippen LogP contribution in [0.4, 0.5) is 4.79 Å². The molecule has 2 heterocycles. The smallest absolute Gasteiger partial charge is 0.314 e. The summed E-state index contributed by atoms with van der Waals surface area (Å²) in [6.07, 6.45) is 5.64. The minimum absolute atomic E-state index is 0.312. The molecule has 0 atom stereocenters. The largest absolute Gasteiger partial charge is 0.351 e. The number of hydrogen-bond acceptors (Lipinski definition) is 3. The normalized spacial score (nSPS) is 17.4. The van der Waals surface area contributed by atoms with Gasteiger partial charge in [0, 0.05) is 38.6 Å². The van der Waals surface area contributed by atoms with Crippen LogP contribution in [-0.4, -0.2) is 39.6 Å². The van der Waals surface area contributed by atoms with E-state index in [2.05, 4.69) is 10.3 Å². The van der Waals surface area contributed by atoms with Gasteiger partial charge in [0.05, 0.1) is 6.54 Å². The number of aromatic nitrogens is 2. The molecule has 6 heteroatoms. The molecule has 94 valence electrons. The van der Waals surface area contributed by atoms with Crippen molar-refractivity contribution in [1.29, 1.82) is 0 Å². The number of nitrogens with two attached hydrogens (primary N) is 1. The van der Waals surface area contributed by atoms with Crippen molar-refractivity contribution in [3.8, 4) is 0 Å².